The van der Waals surface area contributed by atoms with Crippen molar-refractivity contribution in [3.05, 3.63) is 39.2 Å². The number of hydrogen-bond acceptors (Lipinski definition) is 3. The van der Waals surface area contributed by atoms with E-state index in [-0.39, 0.29) is 16.8 Å². The largest absolute Gasteiger partial charge is 0.339 e. The maximum Gasteiger partial charge on any atom is 0.270 e. The molecule has 0 radical (unpaired) electrons. The molecule has 0 aliphatic carbocycles. The second-order valence-corrected chi connectivity index (χ2v) is 5.44. The first-order valence-electron chi connectivity index (χ1n) is 7.24. The van der Waals surface area contributed by atoms with Gasteiger partial charge in [-0.05, 0) is 25.3 Å². The van der Waals surface area contributed by atoms with Crippen LogP contribution in [0.1, 0.15) is 48.0 Å². The molecule has 1 aliphatic rings. The van der Waals surface area contributed by atoms with Crippen LogP contribution in [0, 0.1) is 22.9 Å². The summed E-state index contributed by atoms with van der Waals surface area (Å²) >= 11 is 0. The molecular formula is C15H19FN2O3. The van der Waals surface area contributed by atoms with Crippen LogP contribution < -0.4 is 0 Å². The molecule has 1 fully saturated rings. The molecule has 0 atom stereocenters. The molecule has 21 heavy (non-hydrogen) atoms. The third-order valence-electron chi connectivity index (χ3n) is 3.82. The minimum absolute atomic E-state index is 0.125. The number of hydrogen-bond donors (Lipinski definition) is 0. The van der Waals surface area contributed by atoms with Crippen molar-refractivity contribution in [1.82, 2.24) is 4.90 Å². The Hall–Kier alpha value is -1.98. The number of amides is 1. The average molecular weight is 294 g/mol. The van der Waals surface area contributed by atoms with Gasteiger partial charge in [0, 0.05) is 25.2 Å². The number of likely N-dealkylation sites (tertiary alicyclic amines) is 1. The van der Waals surface area contributed by atoms with Gasteiger partial charge in [-0.1, -0.05) is 19.3 Å². The predicted octanol–water partition coefficient (Wildman–Crippen LogP) is 3.45. The highest BCUT2D eigenvalue weighted by Gasteiger charge is 2.24. The first-order valence-corrected chi connectivity index (χ1v) is 7.24. The van der Waals surface area contributed by atoms with Crippen LogP contribution in [-0.2, 0) is 0 Å². The number of halogens is 1. The van der Waals surface area contributed by atoms with Gasteiger partial charge in [-0.25, -0.2) is 4.39 Å². The molecule has 1 aromatic rings. The van der Waals surface area contributed by atoms with Crippen molar-refractivity contribution in [2.45, 2.75) is 39.0 Å². The number of nitro benzene ring substituents is 1. The van der Waals surface area contributed by atoms with Crippen molar-refractivity contribution in [1.29, 1.82) is 0 Å². The van der Waals surface area contributed by atoms with Crippen molar-refractivity contribution in [2.24, 2.45) is 0 Å². The molecule has 1 aliphatic heterocycles. The first-order chi connectivity index (χ1) is 10.0. The summed E-state index contributed by atoms with van der Waals surface area (Å²) in [7, 11) is 0. The standard InChI is InChI=1S/C15H19FN2O3/c1-11-9-12(18(20)21)10-13(14(11)16)15(19)17-7-5-3-2-4-6-8-17/h9-10H,2-8H2,1H3. The molecular weight excluding hydrogens is 275 g/mol. The van der Waals surface area contributed by atoms with Crippen LogP contribution in [0.5, 0.6) is 0 Å². The smallest absolute Gasteiger partial charge is 0.270 e. The van der Waals surface area contributed by atoms with Gasteiger partial charge in [0.05, 0.1) is 10.5 Å². The van der Waals surface area contributed by atoms with Crippen LogP contribution in [0.25, 0.3) is 0 Å². The second-order valence-electron chi connectivity index (χ2n) is 5.44. The zero-order valence-corrected chi connectivity index (χ0v) is 12.1. The van der Waals surface area contributed by atoms with E-state index in [4.69, 9.17) is 0 Å². The topological polar surface area (TPSA) is 63.5 Å². The van der Waals surface area contributed by atoms with Gasteiger partial charge in [0.15, 0.2) is 0 Å². The number of nitrogens with zero attached hydrogens (tertiary/aromatic N) is 2. The SMILES string of the molecule is Cc1cc([N+](=O)[O-])cc(C(=O)N2CCCCCCC2)c1F. The zero-order chi connectivity index (χ0) is 15.4. The number of carbonyl (C=O) groups is 1. The van der Waals surface area contributed by atoms with Gasteiger partial charge in [0.2, 0.25) is 0 Å². The fourth-order valence-corrected chi connectivity index (χ4v) is 2.63. The van der Waals surface area contributed by atoms with Crippen molar-refractivity contribution in [3.63, 3.8) is 0 Å². The summed E-state index contributed by atoms with van der Waals surface area (Å²) < 4.78 is 14.2. The second kappa shape index (κ2) is 6.65. The molecule has 0 bridgehead atoms. The van der Waals surface area contributed by atoms with Gasteiger partial charge >= 0.3 is 0 Å². The monoisotopic (exact) mass is 294 g/mol. The molecule has 0 unspecified atom stereocenters. The lowest BCUT2D eigenvalue weighted by Gasteiger charge is -2.25. The van der Waals surface area contributed by atoms with Gasteiger partial charge in [-0.2, -0.15) is 0 Å². The number of non-ortho nitro benzene ring substituents is 1. The number of nitro groups is 1. The fraction of sp³-hybridized carbons (Fsp3) is 0.533. The van der Waals surface area contributed by atoms with E-state index in [1.165, 1.54) is 6.92 Å². The molecule has 0 aromatic heterocycles. The fourth-order valence-electron chi connectivity index (χ4n) is 2.63. The minimum Gasteiger partial charge on any atom is -0.339 e. The highest BCUT2D eigenvalue weighted by Crippen LogP contribution is 2.23. The maximum absolute atomic E-state index is 14.2. The van der Waals surface area contributed by atoms with Gasteiger partial charge < -0.3 is 4.90 Å². The summed E-state index contributed by atoms with van der Waals surface area (Å²) in [5, 5.41) is 10.9. The van der Waals surface area contributed by atoms with Crippen LogP contribution in [0.2, 0.25) is 0 Å². The molecule has 2 rings (SSSR count). The van der Waals surface area contributed by atoms with E-state index in [1.54, 1.807) is 4.90 Å². The summed E-state index contributed by atoms with van der Waals surface area (Å²) in [6, 6.07) is 2.20. The third kappa shape index (κ3) is 3.56. The summed E-state index contributed by atoms with van der Waals surface area (Å²) in [5.41, 5.74) is -0.314. The van der Waals surface area contributed by atoms with E-state index < -0.39 is 16.6 Å². The third-order valence-corrected chi connectivity index (χ3v) is 3.82. The highest BCUT2D eigenvalue weighted by molar-refractivity contribution is 5.95. The van der Waals surface area contributed by atoms with Crippen LogP contribution in [-0.4, -0.2) is 28.8 Å². The Morgan fingerprint density at radius 2 is 1.76 bits per heavy atom. The van der Waals surface area contributed by atoms with Crippen molar-refractivity contribution in [3.8, 4) is 0 Å². The highest BCUT2D eigenvalue weighted by atomic mass is 19.1. The van der Waals surface area contributed by atoms with Crippen molar-refractivity contribution < 1.29 is 14.1 Å². The maximum atomic E-state index is 14.2. The lowest BCUT2D eigenvalue weighted by molar-refractivity contribution is -0.385. The molecule has 6 heteroatoms. The molecule has 5 nitrogen and oxygen atoms in total. The Bertz CT molecular complexity index is 552. The Kier molecular flexibility index (Phi) is 4.88. The number of carbonyl (C=O) groups excluding carboxylic acids is 1. The van der Waals surface area contributed by atoms with Crippen LogP contribution in [0.4, 0.5) is 10.1 Å². The number of benzene rings is 1. The molecule has 1 heterocycles. The Morgan fingerprint density at radius 1 is 1.19 bits per heavy atom. The van der Waals surface area contributed by atoms with E-state index in [0.29, 0.717) is 13.1 Å². The zero-order valence-electron chi connectivity index (χ0n) is 12.1. The molecule has 0 spiro atoms. The normalized spacial score (nSPS) is 16.2. The van der Waals surface area contributed by atoms with Gasteiger partial charge in [-0.3, -0.25) is 14.9 Å². The minimum atomic E-state index is -0.660. The van der Waals surface area contributed by atoms with E-state index >= 15 is 0 Å². The molecule has 1 aromatic carbocycles. The van der Waals surface area contributed by atoms with Gasteiger partial charge in [0.25, 0.3) is 11.6 Å². The summed E-state index contributed by atoms with van der Waals surface area (Å²) in [6.07, 6.45) is 5.05. The van der Waals surface area contributed by atoms with E-state index in [1.807, 2.05) is 0 Å². The summed E-state index contributed by atoms with van der Waals surface area (Å²) in [5.74, 6) is -1.10. The van der Waals surface area contributed by atoms with Crippen LogP contribution >= 0.6 is 0 Å². The van der Waals surface area contributed by atoms with Crippen molar-refractivity contribution >= 4 is 11.6 Å². The van der Waals surface area contributed by atoms with E-state index in [9.17, 15) is 19.3 Å². The Morgan fingerprint density at radius 3 is 2.33 bits per heavy atom. The molecule has 1 saturated heterocycles. The average Bonchev–Trinajstić information content (AvgIpc) is 2.40. The molecule has 0 saturated carbocycles. The van der Waals surface area contributed by atoms with Crippen molar-refractivity contribution in [2.75, 3.05) is 13.1 Å². The van der Waals surface area contributed by atoms with Gasteiger partial charge in [-0.15, -0.1) is 0 Å². The Labute approximate surface area is 122 Å². The Balaban J connectivity index is 2.30. The van der Waals surface area contributed by atoms with Crippen LogP contribution in [0.15, 0.2) is 12.1 Å². The number of aryl methyl sites for hydroxylation is 1. The number of rotatable bonds is 2. The predicted molar refractivity (Wildman–Crippen MR) is 76.8 cm³/mol. The lowest BCUT2D eigenvalue weighted by atomic mass is 10.1. The molecule has 0 N–H and O–H groups in total. The van der Waals surface area contributed by atoms with E-state index in [0.717, 1.165) is 44.2 Å². The lowest BCUT2D eigenvalue weighted by Crippen LogP contribution is -2.34. The van der Waals surface area contributed by atoms with Gasteiger partial charge in [0.1, 0.15) is 5.82 Å². The summed E-state index contributed by atoms with van der Waals surface area (Å²) in [6.45, 7) is 2.60. The molecule has 114 valence electrons. The first kappa shape index (κ1) is 15.4. The quantitative estimate of drug-likeness (QED) is 0.620. The summed E-state index contributed by atoms with van der Waals surface area (Å²) in [4.78, 5) is 24.4. The molecule has 1 amide bonds. The van der Waals surface area contributed by atoms with E-state index in [2.05, 4.69) is 0 Å². The van der Waals surface area contributed by atoms with Crippen LogP contribution in [0.3, 0.4) is 0 Å².